The standard InChI is InChI=1S/C9H16O4S/c1-9(2)12-6-4-14-8(5(11)3-10)7(6)13-9/h5-8,10-11H,3-4H2,1-2H3/t5?,6?,7?,8-/m0/s1. The Hall–Kier alpha value is 0.190. The molecule has 2 heterocycles. The molecule has 0 saturated carbocycles. The van der Waals surface area contributed by atoms with Crippen molar-refractivity contribution < 1.29 is 19.7 Å². The SMILES string of the molecule is CC1(C)OC2CS[C@@H](C(O)CO)C2O1. The lowest BCUT2D eigenvalue weighted by Gasteiger charge is -2.23. The normalized spacial score (nSPS) is 42.4. The number of thioether (sulfide) groups is 1. The molecule has 0 aromatic heterocycles. The maximum Gasteiger partial charge on any atom is 0.163 e. The first-order valence-corrected chi connectivity index (χ1v) is 5.84. The molecule has 5 heteroatoms. The second-order valence-electron chi connectivity index (χ2n) is 4.19. The van der Waals surface area contributed by atoms with E-state index in [9.17, 15) is 5.11 Å². The summed E-state index contributed by atoms with van der Waals surface area (Å²) in [4.78, 5) is 0. The second kappa shape index (κ2) is 3.64. The highest BCUT2D eigenvalue weighted by Gasteiger charge is 2.51. The third-order valence-corrected chi connectivity index (χ3v) is 4.05. The average Bonchev–Trinajstić information content (AvgIpc) is 2.58. The van der Waals surface area contributed by atoms with E-state index in [1.54, 1.807) is 11.8 Å². The van der Waals surface area contributed by atoms with Crippen molar-refractivity contribution in [2.75, 3.05) is 12.4 Å². The van der Waals surface area contributed by atoms with Crippen molar-refractivity contribution in [3.8, 4) is 0 Å². The lowest BCUT2D eigenvalue weighted by Crippen LogP contribution is -2.38. The summed E-state index contributed by atoms with van der Waals surface area (Å²) in [6.45, 7) is 3.53. The topological polar surface area (TPSA) is 58.9 Å². The fourth-order valence-corrected chi connectivity index (χ4v) is 3.40. The molecule has 0 radical (unpaired) electrons. The van der Waals surface area contributed by atoms with E-state index in [0.717, 1.165) is 5.75 Å². The number of hydrogen-bond donors (Lipinski definition) is 2. The summed E-state index contributed by atoms with van der Waals surface area (Å²) in [5.41, 5.74) is 0. The van der Waals surface area contributed by atoms with Crippen LogP contribution >= 0.6 is 11.8 Å². The first-order chi connectivity index (χ1) is 6.53. The molecule has 82 valence electrons. The van der Waals surface area contributed by atoms with Gasteiger partial charge in [-0.2, -0.15) is 11.8 Å². The van der Waals surface area contributed by atoms with Gasteiger partial charge in [0.05, 0.1) is 24.1 Å². The molecular weight excluding hydrogens is 204 g/mol. The molecule has 0 bridgehead atoms. The fraction of sp³-hybridized carbons (Fsp3) is 1.00. The Bertz CT molecular complexity index is 221. The van der Waals surface area contributed by atoms with Gasteiger partial charge in [0.1, 0.15) is 6.10 Å². The fourth-order valence-electron chi connectivity index (χ4n) is 2.01. The van der Waals surface area contributed by atoms with Gasteiger partial charge in [0.15, 0.2) is 5.79 Å². The molecule has 4 nitrogen and oxygen atoms in total. The van der Waals surface area contributed by atoms with Crippen LogP contribution in [0.5, 0.6) is 0 Å². The third-order valence-electron chi connectivity index (χ3n) is 2.56. The van der Waals surface area contributed by atoms with E-state index in [1.165, 1.54) is 0 Å². The molecule has 2 aliphatic heterocycles. The van der Waals surface area contributed by atoms with Crippen LogP contribution in [0, 0.1) is 0 Å². The first kappa shape index (κ1) is 10.7. The van der Waals surface area contributed by atoms with Crippen LogP contribution in [-0.2, 0) is 9.47 Å². The summed E-state index contributed by atoms with van der Waals surface area (Å²) in [6, 6.07) is 0. The zero-order valence-electron chi connectivity index (χ0n) is 8.34. The summed E-state index contributed by atoms with van der Waals surface area (Å²) in [5.74, 6) is 0.277. The second-order valence-corrected chi connectivity index (χ2v) is 5.40. The minimum absolute atomic E-state index is 0.0567. The Labute approximate surface area is 87.6 Å². The molecule has 2 fully saturated rings. The van der Waals surface area contributed by atoms with E-state index < -0.39 is 11.9 Å². The number of aliphatic hydroxyl groups is 2. The lowest BCUT2D eigenvalue weighted by molar-refractivity contribution is -0.147. The Morgan fingerprint density at radius 3 is 2.86 bits per heavy atom. The van der Waals surface area contributed by atoms with Crippen LogP contribution in [0.15, 0.2) is 0 Å². The number of hydrogen-bond acceptors (Lipinski definition) is 5. The van der Waals surface area contributed by atoms with Crippen LogP contribution < -0.4 is 0 Å². The van der Waals surface area contributed by atoms with Gasteiger partial charge in [-0.05, 0) is 13.8 Å². The maximum atomic E-state index is 9.57. The molecule has 2 N–H and O–H groups in total. The molecule has 2 rings (SSSR count). The van der Waals surface area contributed by atoms with E-state index in [0.29, 0.717) is 0 Å². The summed E-state index contributed by atoms with van der Waals surface area (Å²) < 4.78 is 11.4. The average molecular weight is 220 g/mol. The van der Waals surface area contributed by atoms with Gasteiger partial charge in [-0.15, -0.1) is 0 Å². The predicted octanol–water partition coefficient (Wildman–Crippen LogP) is -0.0249. The van der Waals surface area contributed by atoms with Gasteiger partial charge in [-0.25, -0.2) is 0 Å². The van der Waals surface area contributed by atoms with Crippen molar-refractivity contribution in [1.29, 1.82) is 0 Å². The molecule has 14 heavy (non-hydrogen) atoms. The van der Waals surface area contributed by atoms with Gasteiger partial charge in [0.25, 0.3) is 0 Å². The molecule has 2 saturated heterocycles. The molecular formula is C9H16O4S. The molecule has 0 aromatic carbocycles. The Morgan fingerprint density at radius 1 is 1.50 bits per heavy atom. The van der Waals surface area contributed by atoms with Gasteiger partial charge in [0.2, 0.25) is 0 Å². The van der Waals surface area contributed by atoms with E-state index in [1.807, 2.05) is 13.8 Å². The van der Waals surface area contributed by atoms with Crippen LogP contribution in [0.4, 0.5) is 0 Å². The summed E-state index contributed by atoms with van der Waals surface area (Å²) in [5, 5.41) is 18.4. The molecule has 0 amide bonds. The Balaban J connectivity index is 2.04. The van der Waals surface area contributed by atoms with Gasteiger partial charge in [-0.3, -0.25) is 0 Å². The molecule has 2 aliphatic rings. The van der Waals surface area contributed by atoms with Gasteiger partial charge >= 0.3 is 0 Å². The third kappa shape index (κ3) is 1.79. The smallest absolute Gasteiger partial charge is 0.163 e. The molecule has 0 spiro atoms. The Morgan fingerprint density at radius 2 is 2.21 bits per heavy atom. The zero-order chi connectivity index (χ0) is 10.3. The molecule has 0 aromatic rings. The number of aliphatic hydroxyl groups excluding tert-OH is 2. The van der Waals surface area contributed by atoms with Crippen molar-refractivity contribution >= 4 is 11.8 Å². The maximum absolute atomic E-state index is 9.57. The highest BCUT2D eigenvalue weighted by Crippen LogP contribution is 2.42. The van der Waals surface area contributed by atoms with Crippen molar-refractivity contribution in [3.05, 3.63) is 0 Å². The monoisotopic (exact) mass is 220 g/mol. The minimum Gasteiger partial charge on any atom is -0.394 e. The summed E-state index contributed by atoms with van der Waals surface area (Å²) in [6.07, 6.45) is -0.745. The van der Waals surface area contributed by atoms with Gasteiger partial charge in [-0.1, -0.05) is 0 Å². The largest absolute Gasteiger partial charge is 0.394 e. The predicted molar refractivity (Wildman–Crippen MR) is 53.2 cm³/mol. The lowest BCUT2D eigenvalue weighted by atomic mass is 10.1. The van der Waals surface area contributed by atoms with Crippen LogP contribution in [0.25, 0.3) is 0 Å². The number of fused-ring (bicyclic) bond motifs is 1. The van der Waals surface area contributed by atoms with Crippen molar-refractivity contribution in [3.63, 3.8) is 0 Å². The number of ether oxygens (including phenoxy) is 2. The Kier molecular flexibility index (Phi) is 2.79. The van der Waals surface area contributed by atoms with Crippen molar-refractivity contribution in [1.82, 2.24) is 0 Å². The highest BCUT2D eigenvalue weighted by atomic mass is 32.2. The molecule has 4 atom stereocenters. The quantitative estimate of drug-likeness (QED) is 0.684. The molecule has 0 aliphatic carbocycles. The first-order valence-electron chi connectivity index (χ1n) is 4.79. The van der Waals surface area contributed by atoms with Gasteiger partial charge < -0.3 is 19.7 Å². The number of rotatable bonds is 2. The van der Waals surface area contributed by atoms with E-state index in [4.69, 9.17) is 14.6 Å². The highest BCUT2D eigenvalue weighted by molar-refractivity contribution is 8.00. The van der Waals surface area contributed by atoms with Gasteiger partial charge in [0, 0.05) is 5.75 Å². The van der Waals surface area contributed by atoms with Crippen LogP contribution in [0.2, 0.25) is 0 Å². The van der Waals surface area contributed by atoms with Crippen LogP contribution in [0.1, 0.15) is 13.8 Å². The zero-order valence-corrected chi connectivity index (χ0v) is 9.16. The van der Waals surface area contributed by atoms with E-state index in [2.05, 4.69) is 0 Å². The molecule has 3 unspecified atom stereocenters. The van der Waals surface area contributed by atoms with Crippen LogP contribution in [0.3, 0.4) is 0 Å². The van der Waals surface area contributed by atoms with Crippen LogP contribution in [-0.4, -0.2) is 51.9 Å². The summed E-state index contributed by atoms with van der Waals surface area (Å²) in [7, 11) is 0. The van der Waals surface area contributed by atoms with E-state index in [-0.39, 0.29) is 24.1 Å². The van der Waals surface area contributed by atoms with E-state index >= 15 is 0 Å². The van der Waals surface area contributed by atoms with Crippen molar-refractivity contribution in [2.45, 2.75) is 43.2 Å². The van der Waals surface area contributed by atoms with Crippen molar-refractivity contribution in [2.24, 2.45) is 0 Å². The summed E-state index contributed by atoms with van der Waals surface area (Å²) >= 11 is 1.61. The minimum atomic E-state index is -0.715.